The van der Waals surface area contributed by atoms with Gasteiger partial charge in [-0.3, -0.25) is 0 Å². The van der Waals surface area contributed by atoms with Gasteiger partial charge in [0.25, 0.3) is 0 Å². The predicted molar refractivity (Wildman–Crippen MR) is 86.6 cm³/mol. The highest BCUT2D eigenvalue weighted by molar-refractivity contribution is 5.65. The maximum absolute atomic E-state index is 5.88. The highest BCUT2D eigenvalue weighted by Crippen LogP contribution is 2.16. The second-order valence-corrected chi connectivity index (χ2v) is 5.34. The Morgan fingerprint density at radius 1 is 0.842 bits per heavy atom. The Hall–Kier alpha value is -1.18. The highest BCUT2D eigenvalue weighted by atomic mass is 14.9. The minimum Gasteiger partial charge on any atom is -0.397 e. The van der Waals surface area contributed by atoms with Gasteiger partial charge in [-0.25, -0.2) is 0 Å². The number of nitrogens with one attached hydrogen (secondary N) is 1. The van der Waals surface area contributed by atoms with Crippen molar-refractivity contribution in [2.24, 2.45) is 0 Å². The van der Waals surface area contributed by atoms with Crippen molar-refractivity contribution in [3.8, 4) is 0 Å². The summed E-state index contributed by atoms with van der Waals surface area (Å²) in [5.41, 5.74) is 7.80. The number of hydrogen-bond acceptors (Lipinski definition) is 2. The molecule has 0 aliphatic carbocycles. The van der Waals surface area contributed by atoms with Crippen LogP contribution in [0, 0.1) is 0 Å². The number of para-hydroxylation sites is 2. The van der Waals surface area contributed by atoms with Crippen molar-refractivity contribution in [1.82, 2.24) is 0 Å². The highest BCUT2D eigenvalue weighted by Gasteiger charge is 1.96. The molecule has 108 valence electrons. The largest absolute Gasteiger partial charge is 0.397 e. The topological polar surface area (TPSA) is 38.0 Å². The van der Waals surface area contributed by atoms with Crippen LogP contribution < -0.4 is 11.1 Å². The number of unbranched alkanes of at least 4 members (excludes halogenated alkanes) is 8. The van der Waals surface area contributed by atoms with Gasteiger partial charge in [-0.15, -0.1) is 0 Å². The number of hydrogen-bond donors (Lipinski definition) is 2. The van der Waals surface area contributed by atoms with Gasteiger partial charge in [0.1, 0.15) is 0 Å². The average Bonchev–Trinajstić information content (AvgIpc) is 2.43. The summed E-state index contributed by atoms with van der Waals surface area (Å²) in [4.78, 5) is 0. The van der Waals surface area contributed by atoms with E-state index in [0.29, 0.717) is 0 Å². The molecule has 0 spiro atoms. The van der Waals surface area contributed by atoms with Crippen LogP contribution in [0.3, 0.4) is 0 Å². The standard InChI is InChI=1S/C17H30N2/c1-2-3-4-5-6-7-8-9-12-15-19-17-14-11-10-13-16(17)18/h10-11,13-14,19H,2-9,12,15,18H2,1H3. The van der Waals surface area contributed by atoms with E-state index in [4.69, 9.17) is 5.73 Å². The van der Waals surface area contributed by atoms with Crippen LogP contribution in [0.4, 0.5) is 11.4 Å². The van der Waals surface area contributed by atoms with Gasteiger partial charge in [0.05, 0.1) is 11.4 Å². The van der Waals surface area contributed by atoms with Crippen LogP contribution in [0.1, 0.15) is 64.7 Å². The third kappa shape index (κ3) is 7.76. The monoisotopic (exact) mass is 262 g/mol. The molecule has 19 heavy (non-hydrogen) atoms. The first-order valence-corrected chi connectivity index (χ1v) is 7.93. The Kier molecular flexibility index (Phi) is 8.95. The zero-order valence-corrected chi connectivity index (χ0v) is 12.5. The SMILES string of the molecule is CCCCCCCCCCCNc1ccccc1N. The van der Waals surface area contributed by atoms with Crippen molar-refractivity contribution in [2.75, 3.05) is 17.6 Å². The zero-order chi connectivity index (χ0) is 13.8. The lowest BCUT2D eigenvalue weighted by Crippen LogP contribution is -2.03. The van der Waals surface area contributed by atoms with E-state index in [-0.39, 0.29) is 0 Å². The van der Waals surface area contributed by atoms with E-state index >= 15 is 0 Å². The minimum atomic E-state index is 0.846. The van der Waals surface area contributed by atoms with Crippen LogP contribution >= 0.6 is 0 Å². The van der Waals surface area contributed by atoms with Crippen LogP contribution in [0.5, 0.6) is 0 Å². The molecule has 0 saturated heterocycles. The van der Waals surface area contributed by atoms with Gasteiger partial charge in [-0.05, 0) is 18.6 Å². The molecule has 1 aromatic carbocycles. The molecule has 0 radical (unpaired) electrons. The van der Waals surface area contributed by atoms with Gasteiger partial charge in [0, 0.05) is 6.54 Å². The van der Waals surface area contributed by atoms with Gasteiger partial charge < -0.3 is 11.1 Å². The molecule has 0 unspecified atom stereocenters. The molecule has 2 heteroatoms. The number of rotatable bonds is 11. The average molecular weight is 262 g/mol. The molecule has 0 bridgehead atoms. The fraction of sp³-hybridized carbons (Fsp3) is 0.647. The summed E-state index contributed by atoms with van der Waals surface area (Å²) in [6.45, 7) is 3.30. The Morgan fingerprint density at radius 3 is 2.05 bits per heavy atom. The van der Waals surface area contributed by atoms with Crippen LogP contribution in [0.25, 0.3) is 0 Å². The summed E-state index contributed by atoms with van der Waals surface area (Å²) in [6.07, 6.45) is 12.3. The Labute approximate surface area is 118 Å². The van der Waals surface area contributed by atoms with E-state index in [1.165, 1.54) is 57.8 Å². The van der Waals surface area contributed by atoms with Crippen molar-refractivity contribution in [3.05, 3.63) is 24.3 Å². The van der Waals surface area contributed by atoms with Crippen molar-refractivity contribution in [3.63, 3.8) is 0 Å². The van der Waals surface area contributed by atoms with E-state index in [0.717, 1.165) is 17.9 Å². The van der Waals surface area contributed by atoms with Gasteiger partial charge in [0.15, 0.2) is 0 Å². The summed E-state index contributed by atoms with van der Waals surface area (Å²) < 4.78 is 0. The first-order chi connectivity index (χ1) is 9.34. The third-order valence-electron chi connectivity index (χ3n) is 3.56. The van der Waals surface area contributed by atoms with Gasteiger partial charge in [-0.1, -0.05) is 70.4 Å². The maximum atomic E-state index is 5.88. The van der Waals surface area contributed by atoms with Crippen LogP contribution in [-0.4, -0.2) is 6.54 Å². The molecule has 1 rings (SSSR count). The lowest BCUT2D eigenvalue weighted by atomic mass is 10.1. The van der Waals surface area contributed by atoms with Gasteiger partial charge >= 0.3 is 0 Å². The fourth-order valence-corrected chi connectivity index (χ4v) is 2.32. The molecule has 0 saturated carbocycles. The van der Waals surface area contributed by atoms with Crippen molar-refractivity contribution < 1.29 is 0 Å². The molecule has 0 amide bonds. The van der Waals surface area contributed by atoms with Gasteiger partial charge in [0.2, 0.25) is 0 Å². The smallest absolute Gasteiger partial charge is 0.0573 e. The van der Waals surface area contributed by atoms with Gasteiger partial charge in [-0.2, -0.15) is 0 Å². The lowest BCUT2D eigenvalue weighted by molar-refractivity contribution is 0.569. The number of benzene rings is 1. The summed E-state index contributed by atoms with van der Waals surface area (Å²) in [5.74, 6) is 0. The normalized spacial score (nSPS) is 10.6. The number of nitrogens with two attached hydrogens (primary N) is 1. The number of nitrogen functional groups attached to an aromatic ring is 1. The quantitative estimate of drug-likeness (QED) is 0.424. The molecule has 0 fully saturated rings. The summed E-state index contributed by atoms with van der Waals surface area (Å²) in [5, 5.41) is 3.41. The molecule has 0 atom stereocenters. The molecule has 1 aromatic rings. The first-order valence-electron chi connectivity index (χ1n) is 7.93. The van der Waals surface area contributed by atoms with E-state index in [9.17, 15) is 0 Å². The first kappa shape index (κ1) is 15.9. The van der Waals surface area contributed by atoms with Crippen LogP contribution in [0.15, 0.2) is 24.3 Å². The molecule has 0 aromatic heterocycles. The molecule has 0 heterocycles. The second kappa shape index (κ2) is 10.7. The molecule has 2 nitrogen and oxygen atoms in total. The second-order valence-electron chi connectivity index (χ2n) is 5.34. The van der Waals surface area contributed by atoms with Crippen molar-refractivity contribution in [2.45, 2.75) is 64.7 Å². The molecule has 0 aliphatic rings. The van der Waals surface area contributed by atoms with Crippen LogP contribution in [-0.2, 0) is 0 Å². The minimum absolute atomic E-state index is 0.846. The number of anilines is 2. The van der Waals surface area contributed by atoms with E-state index in [2.05, 4.69) is 12.2 Å². The lowest BCUT2D eigenvalue weighted by Gasteiger charge is -2.08. The summed E-state index contributed by atoms with van der Waals surface area (Å²) >= 11 is 0. The molecule has 0 aliphatic heterocycles. The zero-order valence-electron chi connectivity index (χ0n) is 12.5. The fourth-order valence-electron chi connectivity index (χ4n) is 2.32. The molecular formula is C17H30N2. The Balaban J connectivity index is 1.90. The third-order valence-corrected chi connectivity index (χ3v) is 3.56. The predicted octanol–water partition coefficient (Wildman–Crippen LogP) is 5.21. The van der Waals surface area contributed by atoms with E-state index in [1.54, 1.807) is 0 Å². The van der Waals surface area contributed by atoms with E-state index in [1.807, 2.05) is 24.3 Å². The van der Waals surface area contributed by atoms with Crippen LogP contribution in [0.2, 0.25) is 0 Å². The summed E-state index contributed by atoms with van der Waals surface area (Å²) in [7, 11) is 0. The maximum Gasteiger partial charge on any atom is 0.0573 e. The van der Waals surface area contributed by atoms with E-state index < -0.39 is 0 Å². The molecular weight excluding hydrogens is 232 g/mol. The van der Waals surface area contributed by atoms with Crippen molar-refractivity contribution >= 4 is 11.4 Å². The Bertz CT molecular complexity index is 323. The molecule has 3 N–H and O–H groups in total. The summed E-state index contributed by atoms with van der Waals surface area (Å²) in [6, 6.07) is 7.98. The van der Waals surface area contributed by atoms with Crippen molar-refractivity contribution in [1.29, 1.82) is 0 Å². The Morgan fingerprint density at radius 2 is 1.42 bits per heavy atom.